The van der Waals surface area contributed by atoms with Crippen molar-refractivity contribution in [3.63, 3.8) is 0 Å². The number of rotatable bonds is 8. The van der Waals surface area contributed by atoms with E-state index in [1.807, 2.05) is 0 Å². The standard InChI is InChI=1S/C14H21NO5/c1-3-15(8-9-16)12(14(18)19)10-6-5-7-11(13(10)17)20-4-2/h5-7,12,16-17H,3-4,8-9H2,1-2H3,(H,18,19). The Morgan fingerprint density at radius 1 is 1.40 bits per heavy atom. The third-order valence-electron chi connectivity index (χ3n) is 3.02. The Bertz CT molecular complexity index is 449. The molecule has 1 aromatic carbocycles. The molecule has 6 nitrogen and oxygen atoms in total. The number of likely N-dealkylation sites (N-methyl/N-ethyl adjacent to an activating group) is 1. The minimum absolute atomic E-state index is 0.149. The van der Waals surface area contributed by atoms with Crippen LogP contribution in [0.1, 0.15) is 25.5 Å². The zero-order valence-electron chi connectivity index (χ0n) is 11.7. The van der Waals surface area contributed by atoms with Crippen LogP contribution in [0.15, 0.2) is 18.2 Å². The molecule has 0 aliphatic carbocycles. The van der Waals surface area contributed by atoms with Crippen LogP contribution >= 0.6 is 0 Å². The lowest BCUT2D eigenvalue weighted by molar-refractivity contribution is -0.143. The lowest BCUT2D eigenvalue weighted by Gasteiger charge is -2.27. The molecule has 0 radical (unpaired) electrons. The summed E-state index contributed by atoms with van der Waals surface area (Å²) < 4.78 is 5.27. The average molecular weight is 283 g/mol. The van der Waals surface area contributed by atoms with Gasteiger partial charge in [0.05, 0.1) is 13.2 Å². The van der Waals surface area contributed by atoms with Gasteiger partial charge in [0, 0.05) is 12.1 Å². The Kier molecular flexibility index (Phi) is 6.27. The normalized spacial score (nSPS) is 12.4. The van der Waals surface area contributed by atoms with Crippen molar-refractivity contribution in [1.29, 1.82) is 0 Å². The number of phenols is 1. The molecule has 3 N–H and O–H groups in total. The number of aliphatic hydroxyl groups excluding tert-OH is 1. The monoisotopic (exact) mass is 283 g/mol. The number of aromatic hydroxyl groups is 1. The predicted octanol–water partition coefficient (Wildman–Crippen LogP) is 1.23. The first kappa shape index (κ1) is 16.3. The Balaban J connectivity index is 3.21. The molecule has 1 unspecified atom stereocenters. The molecule has 1 rings (SSSR count). The molecule has 20 heavy (non-hydrogen) atoms. The lowest BCUT2D eigenvalue weighted by Crippen LogP contribution is -2.36. The van der Waals surface area contributed by atoms with Crippen LogP contribution in [0.3, 0.4) is 0 Å². The van der Waals surface area contributed by atoms with Crippen LogP contribution in [-0.4, -0.2) is 52.5 Å². The molecule has 0 aromatic heterocycles. The third-order valence-corrected chi connectivity index (χ3v) is 3.02. The summed E-state index contributed by atoms with van der Waals surface area (Å²) in [5, 5.41) is 28.6. The first-order valence-corrected chi connectivity index (χ1v) is 6.59. The van der Waals surface area contributed by atoms with Crippen LogP contribution in [0.25, 0.3) is 0 Å². The lowest BCUT2D eigenvalue weighted by atomic mass is 10.0. The maximum Gasteiger partial charge on any atom is 0.325 e. The van der Waals surface area contributed by atoms with Crippen LogP contribution in [0.2, 0.25) is 0 Å². The van der Waals surface area contributed by atoms with Crippen LogP contribution in [0.4, 0.5) is 0 Å². The molecule has 0 fully saturated rings. The first-order chi connectivity index (χ1) is 9.56. The summed E-state index contributed by atoms with van der Waals surface area (Å²) in [6, 6.07) is 3.76. The smallest absolute Gasteiger partial charge is 0.325 e. The summed E-state index contributed by atoms with van der Waals surface area (Å²) in [5.74, 6) is -0.987. The largest absolute Gasteiger partial charge is 0.504 e. The van der Waals surface area contributed by atoms with Gasteiger partial charge in [0.2, 0.25) is 0 Å². The molecule has 0 aliphatic heterocycles. The fourth-order valence-electron chi connectivity index (χ4n) is 2.12. The van der Waals surface area contributed by atoms with E-state index in [-0.39, 0.29) is 30.2 Å². The fourth-order valence-corrected chi connectivity index (χ4v) is 2.12. The van der Waals surface area contributed by atoms with E-state index >= 15 is 0 Å². The quantitative estimate of drug-likeness (QED) is 0.665. The fraction of sp³-hybridized carbons (Fsp3) is 0.500. The highest BCUT2D eigenvalue weighted by atomic mass is 16.5. The number of carboxylic acids is 1. The number of benzene rings is 1. The van der Waals surface area contributed by atoms with E-state index in [4.69, 9.17) is 9.84 Å². The van der Waals surface area contributed by atoms with Gasteiger partial charge in [0.15, 0.2) is 11.5 Å². The van der Waals surface area contributed by atoms with Crippen molar-refractivity contribution < 1.29 is 24.9 Å². The number of carboxylic acid groups (broad SMARTS) is 1. The van der Waals surface area contributed by atoms with E-state index < -0.39 is 12.0 Å². The molecule has 0 amide bonds. The number of aliphatic carboxylic acids is 1. The summed E-state index contributed by atoms with van der Waals surface area (Å²) >= 11 is 0. The molecule has 1 aromatic rings. The molecular formula is C14H21NO5. The van der Waals surface area contributed by atoms with Gasteiger partial charge >= 0.3 is 5.97 Å². The van der Waals surface area contributed by atoms with Gasteiger partial charge in [-0.15, -0.1) is 0 Å². The van der Waals surface area contributed by atoms with E-state index in [1.165, 1.54) is 0 Å². The maximum atomic E-state index is 11.5. The van der Waals surface area contributed by atoms with Gasteiger partial charge in [0.1, 0.15) is 6.04 Å². The number of hydrogen-bond acceptors (Lipinski definition) is 5. The topological polar surface area (TPSA) is 90.2 Å². The third kappa shape index (κ3) is 3.61. The minimum Gasteiger partial charge on any atom is -0.504 e. The number of para-hydroxylation sites is 1. The Labute approximate surface area is 118 Å². The summed E-state index contributed by atoms with van der Waals surface area (Å²) in [5.41, 5.74) is 0.263. The highest BCUT2D eigenvalue weighted by Crippen LogP contribution is 2.36. The van der Waals surface area contributed by atoms with Gasteiger partial charge in [-0.05, 0) is 19.5 Å². The second kappa shape index (κ2) is 7.72. The van der Waals surface area contributed by atoms with Gasteiger partial charge < -0.3 is 20.1 Å². The predicted molar refractivity (Wildman–Crippen MR) is 74.0 cm³/mol. The van der Waals surface area contributed by atoms with Crippen molar-refractivity contribution in [2.75, 3.05) is 26.3 Å². The van der Waals surface area contributed by atoms with Gasteiger partial charge in [-0.25, -0.2) is 0 Å². The first-order valence-electron chi connectivity index (χ1n) is 6.59. The van der Waals surface area contributed by atoms with Gasteiger partial charge in [0.25, 0.3) is 0 Å². The zero-order valence-corrected chi connectivity index (χ0v) is 11.7. The summed E-state index contributed by atoms with van der Waals surface area (Å²) in [6.07, 6.45) is 0. The van der Waals surface area contributed by atoms with E-state index in [2.05, 4.69) is 0 Å². The van der Waals surface area contributed by atoms with Crippen molar-refractivity contribution in [3.05, 3.63) is 23.8 Å². The Morgan fingerprint density at radius 2 is 2.10 bits per heavy atom. The molecule has 0 saturated heterocycles. The Morgan fingerprint density at radius 3 is 2.60 bits per heavy atom. The van der Waals surface area contributed by atoms with Crippen LogP contribution in [-0.2, 0) is 4.79 Å². The molecule has 1 atom stereocenters. The van der Waals surface area contributed by atoms with Crippen molar-refractivity contribution in [2.24, 2.45) is 0 Å². The van der Waals surface area contributed by atoms with Gasteiger partial charge in [-0.2, -0.15) is 0 Å². The van der Waals surface area contributed by atoms with E-state index in [1.54, 1.807) is 36.9 Å². The van der Waals surface area contributed by atoms with E-state index in [0.29, 0.717) is 13.2 Å². The molecule has 0 saturated carbocycles. The highest BCUT2D eigenvalue weighted by molar-refractivity contribution is 5.77. The number of ether oxygens (including phenoxy) is 1. The van der Waals surface area contributed by atoms with Crippen molar-refractivity contribution in [2.45, 2.75) is 19.9 Å². The van der Waals surface area contributed by atoms with E-state index in [9.17, 15) is 15.0 Å². The number of nitrogens with zero attached hydrogens (tertiary/aromatic N) is 1. The SMILES string of the molecule is CCOc1cccc(C(C(=O)O)N(CC)CCO)c1O. The van der Waals surface area contributed by atoms with Crippen molar-refractivity contribution in [3.8, 4) is 11.5 Å². The average Bonchev–Trinajstić information content (AvgIpc) is 2.42. The van der Waals surface area contributed by atoms with Crippen molar-refractivity contribution in [1.82, 2.24) is 4.90 Å². The molecule has 6 heteroatoms. The number of phenolic OH excluding ortho intramolecular Hbond substituents is 1. The summed E-state index contributed by atoms with van der Waals surface area (Å²) in [4.78, 5) is 13.1. The van der Waals surface area contributed by atoms with Gasteiger partial charge in [-0.1, -0.05) is 19.1 Å². The minimum atomic E-state index is -1.08. The molecule has 0 spiro atoms. The second-order valence-corrected chi connectivity index (χ2v) is 4.22. The van der Waals surface area contributed by atoms with Crippen molar-refractivity contribution >= 4 is 5.97 Å². The number of hydrogen-bond donors (Lipinski definition) is 3. The molecule has 0 bridgehead atoms. The van der Waals surface area contributed by atoms with Crippen LogP contribution in [0.5, 0.6) is 11.5 Å². The summed E-state index contributed by atoms with van der Waals surface area (Å²) in [6.45, 7) is 4.47. The molecule has 0 aliphatic rings. The number of carbonyl (C=O) groups is 1. The van der Waals surface area contributed by atoms with E-state index in [0.717, 1.165) is 0 Å². The van der Waals surface area contributed by atoms with Crippen LogP contribution < -0.4 is 4.74 Å². The Hall–Kier alpha value is -1.79. The molecule has 112 valence electrons. The van der Waals surface area contributed by atoms with Crippen LogP contribution in [0, 0.1) is 0 Å². The molecule has 0 heterocycles. The summed E-state index contributed by atoms with van der Waals surface area (Å²) in [7, 11) is 0. The maximum absolute atomic E-state index is 11.5. The second-order valence-electron chi connectivity index (χ2n) is 4.22. The van der Waals surface area contributed by atoms with Gasteiger partial charge in [-0.3, -0.25) is 9.69 Å². The number of aliphatic hydroxyl groups is 1. The molecular weight excluding hydrogens is 262 g/mol. The highest BCUT2D eigenvalue weighted by Gasteiger charge is 2.29. The zero-order chi connectivity index (χ0) is 15.1.